The van der Waals surface area contributed by atoms with E-state index >= 15 is 0 Å². The lowest BCUT2D eigenvalue weighted by atomic mass is 10.1. The number of hydrogen-bond acceptors (Lipinski definition) is 4. The van der Waals surface area contributed by atoms with Gasteiger partial charge in [0.1, 0.15) is 11.3 Å². The van der Waals surface area contributed by atoms with Crippen LogP contribution in [0.25, 0.3) is 22.6 Å². The van der Waals surface area contributed by atoms with E-state index in [9.17, 15) is 9.59 Å². The fraction of sp³-hybridized carbons (Fsp3) is 0.0500. The van der Waals surface area contributed by atoms with Crippen LogP contribution in [0.5, 0.6) is 0 Å². The van der Waals surface area contributed by atoms with Crippen LogP contribution in [-0.4, -0.2) is 27.4 Å². The first-order valence-corrected chi connectivity index (χ1v) is 8.51. The van der Waals surface area contributed by atoms with E-state index in [1.165, 1.54) is 11.8 Å². The van der Waals surface area contributed by atoms with Crippen LogP contribution < -0.4 is 5.56 Å². The Labute approximate surface area is 159 Å². The first-order chi connectivity index (χ1) is 13.1. The van der Waals surface area contributed by atoms with Crippen LogP contribution in [0.15, 0.2) is 71.8 Å². The minimum atomic E-state index is -0.575. The summed E-state index contributed by atoms with van der Waals surface area (Å²) in [6.45, 7) is 0. The lowest BCUT2D eigenvalue weighted by Gasteiger charge is -2.11. The standard InChI is InChI=1S/C20H14ClN3O3/c1-27-20(26)17-12-23(15-9-5-6-13(21)10-15)11-16-18(17)22-24(19(16)25)14-7-3-2-4-8-14/h2-12H,1H3. The molecule has 0 N–H and O–H groups in total. The predicted molar refractivity (Wildman–Crippen MR) is 102 cm³/mol. The largest absolute Gasteiger partial charge is 0.465 e. The van der Waals surface area contributed by atoms with Gasteiger partial charge in [0.2, 0.25) is 0 Å². The van der Waals surface area contributed by atoms with Crippen molar-refractivity contribution in [3.8, 4) is 22.6 Å². The van der Waals surface area contributed by atoms with Crippen LogP contribution in [0, 0.1) is 0 Å². The highest BCUT2D eigenvalue weighted by atomic mass is 35.5. The van der Waals surface area contributed by atoms with Crippen molar-refractivity contribution in [2.75, 3.05) is 7.11 Å². The van der Waals surface area contributed by atoms with Crippen molar-refractivity contribution in [1.82, 2.24) is 14.3 Å². The number of pyridine rings is 1. The number of nitrogens with zero attached hydrogens (tertiary/aromatic N) is 3. The number of carbonyl (C=O) groups excluding carboxylic acids is 1. The van der Waals surface area contributed by atoms with E-state index in [1.54, 1.807) is 47.3 Å². The van der Waals surface area contributed by atoms with Gasteiger partial charge in [-0.15, -0.1) is 0 Å². The fourth-order valence-electron chi connectivity index (χ4n) is 2.90. The molecule has 0 spiro atoms. The van der Waals surface area contributed by atoms with Gasteiger partial charge in [-0.05, 0) is 30.3 Å². The third-order valence-electron chi connectivity index (χ3n) is 4.18. The summed E-state index contributed by atoms with van der Waals surface area (Å²) in [5.41, 5.74) is 1.79. The summed E-state index contributed by atoms with van der Waals surface area (Å²) in [7, 11) is 1.29. The summed E-state index contributed by atoms with van der Waals surface area (Å²) in [5.74, 6) is -0.575. The first kappa shape index (κ1) is 17.1. The number of hydrogen-bond donors (Lipinski definition) is 0. The van der Waals surface area contributed by atoms with E-state index in [4.69, 9.17) is 16.3 Å². The lowest BCUT2D eigenvalue weighted by molar-refractivity contribution is 0.0600. The third-order valence-corrected chi connectivity index (χ3v) is 4.42. The molecule has 0 amide bonds. The molecule has 0 aliphatic carbocycles. The number of methoxy groups -OCH3 is 1. The predicted octanol–water partition coefficient (Wildman–Crippen LogP) is 3.57. The molecule has 134 valence electrons. The summed E-state index contributed by atoms with van der Waals surface area (Å²) < 4.78 is 7.83. The number of halogens is 1. The van der Waals surface area contributed by atoms with Crippen molar-refractivity contribution in [3.63, 3.8) is 0 Å². The number of carbonyl (C=O) groups is 1. The molecule has 2 aliphatic rings. The number of benzene rings is 2. The summed E-state index contributed by atoms with van der Waals surface area (Å²) >= 11 is 6.07. The molecule has 7 heteroatoms. The smallest absolute Gasteiger partial charge is 0.341 e. The van der Waals surface area contributed by atoms with Crippen LogP contribution in [-0.2, 0) is 4.74 Å². The Bertz CT molecular complexity index is 1160. The van der Waals surface area contributed by atoms with Crippen molar-refractivity contribution in [2.45, 2.75) is 0 Å². The van der Waals surface area contributed by atoms with Crippen LogP contribution in [0.1, 0.15) is 10.4 Å². The molecular formula is C20H14ClN3O3. The molecule has 0 aromatic heterocycles. The monoisotopic (exact) mass is 379 g/mol. The second-order valence-corrected chi connectivity index (χ2v) is 6.30. The maximum absolute atomic E-state index is 13.0. The van der Waals surface area contributed by atoms with Gasteiger partial charge < -0.3 is 9.30 Å². The summed E-state index contributed by atoms with van der Waals surface area (Å²) in [6.07, 6.45) is 3.23. The minimum absolute atomic E-state index is 0.196. The average Bonchev–Trinajstić information content (AvgIpc) is 3.04. The quantitative estimate of drug-likeness (QED) is 0.510. The molecule has 0 bridgehead atoms. The molecule has 2 heterocycles. The van der Waals surface area contributed by atoms with Crippen molar-refractivity contribution in [2.24, 2.45) is 0 Å². The number of rotatable bonds is 3. The van der Waals surface area contributed by atoms with Gasteiger partial charge in [0, 0.05) is 23.1 Å². The Morgan fingerprint density at radius 3 is 2.48 bits per heavy atom. The Morgan fingerprint density at radius 1 is 1.04 bits per heavy atom. The highest BCUT2D eigenvalue weighted by Gasteiger charge is 2.25. The molecule has 0 saturated carbocycles. The SMILES string of the molecule is COC(=O)c1cn(-c2cccc(Cl)c2)cc2c(=O)n(-c3ccccc3)nc1-2. The van der Waals surface area contributed by atoms with Gasteiger partial charge in [0.05, 0.1) is 18.4 Å². The van der Waals surface area contributed by atoms with E-state index in [2.05, 4.69) is 5.10 Å². The van der Waals surface area contributed by atoms with Gasteiger partial charge in [0.25, 0.3) is 5.56 Å². The van der Waals surface area contributed by atoms with E-state index in [-0.39, 0.29) is 16.8 Å². The summed E-state index contributed by atoms with van der Waals surface area (Å²) in [4.78, 5) is 25.3. The normalized spacial score (nSPS) is 10.9. The number of ether oxygens (including phenoxy) is 1. The Kier molecular flexibility index (Phi) is 4.25. The van der Waals surface area contributed by atoms with E-state index < -0.39 is 5.97 Å². The molecule has 6 nitrogen and oxygen atoms in total. The Morgan fingerprint density at radius 2 is 1.78 bits per heavy atom. The minimum Gasteiger partial charge on any atom is -0.465 e. The highest BCUT2D eigenvalue weighted by molar-refractivity contribution is 6.30. The topological polar surface area (TPSA) is 66.1 Å². The zero-order chi connectivity index (χ0) is 19.0. The Balaban J connectivity index is 2.01. The Hall–Kier alpha value is -3.38. The first-order valence-electron chi connectivity index (χ1n) is 8.13. The molecule has 0 atom stereocenters. The summed E-state index contributed by atoms with van der Waals surface area (Å²) in [5, 5.41) is 4.91. The van der Waals surface area contributed by atoms with Crippen molar-refractivity contribution >= 4 is 17.6 Å². The maximum Gasteiger partial charge on any atom is 0.341 e. The molecule has 0 unspecified atom stereocenters. The van der Waals surface area contributed by atoms with E-state index in [0.29, 0.717) is 22.0 Å². The second kappa shape index (κ2) is 6.74. The molecule has 2 aliphatic heterocycles. The number of esters is 1. The van der Waals surface area contributed by atoms with Gasteiger partial charge in [-0.3, -0.25) is 4.79 Å². The molecule has 0 radical (unpaired) electrons. The van der Waals surface area contributed by atoms with Gasteiger partial charge >= 0.3 is 5.97 Å². The average molecular weight is 380 g/mol. The van der Waals surface area contributed by atoms with Gasteiger partial charge in [-0.1, -0.05) is 35.9 Å². The lowest BCUT2D eigenvalue weighted by Crippen LogP contribution is -2.15. The molecule has 4 rings (SSSR count). The van der Waals surface area contributed by atoms with Crippen LogP contribution in [0.4, 0.5) is 0 Å². The zero-order valence-corrected chi connectivity index (χ0v) is 15.1. The van der Waals surface area contributed by atoms with Crippen LogP contribution in [0.3, 0.4) is 0 Å². The molecular weight excluding hydrogens is 366 g/mol. The molecule has 0 fully saturated rings. The number of fused-ring (bicyclic) bond motifs is 1. The number of para-hydroxylation sites is 1. The van der Waals surface area contributed by atoms with E-state index in [1.807, 2.05) is 24.3 Å². The van der Waals surface area contributed by atoms with Gasteiger partial charge in [-0.25, -0.2) is 4.79 Å². The number of aromatic nitrogens is 3. The summed E-state index contributed by atoms with van der Waals surface area (Å²) in [6, 6.07) is 16.1. The molecule has 0 saturated heterocycles. The third kappa shape index (κ3) is 3.00. The van der Waals surface area contributed by atoms with E-state index in [0.717, 1.165) is 0 Å². The van der Waals surface area contributed by atoms with Gasteiger partial charge in [0.15, 0.2) is 0 Å². The van der Waals surface area contributed by atoms with Crippen molar-refractivity contribution in [1.29, 1.82) is 0 Å². The highest BCUT2D eigenvalue weighted by Crippen LogP contribution is 2.25. The fourth-order valence-corrected chi connectivity index (χ4v) is 3.08. The molecule has 2 aromatic carbocycles. The van der Waals surface area contributed by atoms with Crippen molar-refractivity contribution < 1.29 is 9.53 Å². The molecule has 27 heavy (non-hydrogen) atoms. The second-order valence-electron chi connectivity index (χ2n) is 5.87. The van der Waals surface area contributed by atoms with Gasteiger partial charge in [-0.2, -0.15) is 9.78 Å². The zero-order valence-electron chi connectivity index (χ0n) is 14.3. The van der Waals surface area contributed by atoms with Crippen molar-refractivity contribution in [3.05, 3.63) is 87.9 Å². The molecule has 2 aromatic rings. The van der Waals surface area contributed by atoms with Crippen LogP contribution >= 0.6 is 11.6 Å². The van der Waals surface area contributed by atoms with Crippen LogP contribution in [0.2, 0.25) is 5.02 Å². The maximum atomic E-state index is 13.0.